The summed E-state index contributed by atoms with van der Waals surface area (Å²) in [4.78, 5) is 29.5. The van der Waals surface area contributed by atoms with Crippen LogP contribution < -0.4 is 5.32 Å². The number of rotatable bonds is 4. The smallest absolute Gasteiger partial charge is 0.411 e. The van der Waals surface area contributed by atoms with Gasteiger partial charge < -0.3 is 14.8 Å². The van der Waals surface area contributed by atoms with Gasteiger partial charge in [0.05, 0.1) is 19.8 Å². The van der Waals surface area contributed by atoms with Crippen molar-refractivity contribution in [2.75, 3.05) is 39.4 Å². The summed E-state index contributed by atoms with van der Waals surface area (Å²) in [7, 11) is 0. The second-order valence-corrected chi connectivity index (χ2v) is 8.34. The summed E-state index contributed by atoms with van der Waals surface area (Å²) < 4.78 is 10.9. The molecule has 28 heavy (non-hydrogen) atoms. The van der Waals surface area contributed by atoms with E-state index in [-0.39, 0.29) is 5.91 Å². The first-order valence-electron chi connectivity index (χ1n) is 9.98. The molecule has 154 valence electrons. The molecule has 0 aromatic heterocycles. The molecule has 0 aliphatic carbocycles. The summed E-state index contributed by atoms with van der Waals surface area (Å²) in [6, 6.07) is 7.38. The van der Waals surface area contributed by atoms with E-state index in [1.165, 1.54) is 0 Å². The minimum Gasteiger partial charge on any atom is -0.444 e. The van der Waals surface area contributed by atoms with Crippen molar-refractivity contribution >= 4 is 12.0 Å². The van der Waals surface area contributed by atoms with Crippen LogP contribution in [0.25, 0.3) is 0 Å². The Hall–Kier alpha value is -2.12. The highest BCUT2D eigenvalue weighted by molar-refractivity contribution is 5.86. The lowest BCUT2D eigenvalue weighted by molar-refractivity contribution is -0.127. The van der Waals surface area contributed by atoms with E-state index in [1.54, 1.807) is 4.90 Å². The van der Waals surface area contributed by atoms with Gasteiger partial charge in [0.2, 0.25) is 5.91 Å². The van der Waals surface area contributed by atoms with Crippen LogP contribution in [0, 0.1) is 0 Å². The van der Waals surface area contributed by atoms with Gasteiger partial charge in [0.15, 0.2) is 0 Å². The second-order valence-electron chi connectivity index (χ2n) is 8.34. The molecule has 1 aromatic carbocycles. The lowest BCUT2D eigenvalue weighted by atomic mass is 9.94. The molecular weight excluding hydrogens is 358 g/mol. The Morgan fingerprint density at radius 3 is 2.54 bits per heavy atom. The molecule has 0 bridgehead atoms. The lowest BCUT2D eigenvalue weighted by Gasteiger charge is -2.37. The van der Waals surface area contributed by atoms with Crippen LogP contribution in [0.15, 0.2) is 24.3 Å². The number of carbonyl (C=O) groups excluding carboxylic acids is 2. The van der Waals surface area contributed by atoms with Gasteiger partial charge in [-0.1, -0.05) is 24.3 Å². The highest BCUT2D eigenvalue weighted by Gasteiger charge is 2.36. The van der Waals surface area contributed by atoms with Crippen molar-refractivity contribution in [3.05, 3.63) is 35.4 Å². The van der Waals surface area contributed by atoms with Gasteiger partial charge in [-0.25, -0.2) is 4.79 Å². The van der Waals surface area contributed by atoms with E-state index in [9.17, 15) is 9.59 Å². The Kier molecular flexibility index (Phi) is 6.57. The number of nitrogens with zero attached hydrogens (tertiary/aromatic N) is 2. The Labute approximate surface area is 167 Å². The first-order valence-corrected chi connectivity index (χ1v) is 9.98. The first-order chi connectivity index (χ1) is 13.3. The fraction of sp³-hybridized carbons (Fsp3) is 0.619. The van der Waals surface area contributed by atoms with Crippen LogP contribution in [0.4, 0.5) is 4.79 Å². The minimum atomic E-state index is -0.606. The molecule has 2 amide bonds. The molecule has 0 radical (unpaired) electrons. The molecule has 0 spiro atoms. The van der Waals surface area contributed by atoms with Crippen LogP contribution >= 0.6 is 0 Å². The van der Waals surface area contributed by atoms with Crippen LogP contribution in [0.1, 0.15) is 31.9 Å². The Morgan fingerprint density at radius 2 is 1.86 bits per heavy atom. The van der Waals surface area contributed by atoms with Crippen LogP contribution in [0.2, 0.25) is 0 Å². The average Bonchev–Trinajstić information content (AvgIpc) is 2.66. The molecule has 3 rings (SSSR count). The number of amides is 2. The molecule has 1 fully saturated rings. The van der Waals surface area contributed by atoms with Crippen LogP contribution in [0.3, 0.4) is 0 Å². The lowest BCUT2D eigenvalue weighted by Crippen LogP contribution is -2.54. The fourth-order valence-corrected chi connectivity index (χ4v) is 3.55. The van der Waals surface area contributed by atoms with Gasteiger partial charge >= 0.3 is 6.09 Å². The van der Waals surface area contributed by atoms with E-state index in [4.69, 9.17) is 9.47 Å². The second kappa shape index (κ2) is 8.92. The Bertz CT molecular complexity index is 695. The summed E-state index contributed by atoms with van der Waals surface area (Å²) >= 11 is 0. The van der Waals surface area contributed by atoms with E-state index < -0.39 is 17.7 Å². The maximum atomic E-state index is 12.9. The largest absolute Gasteiger partial charge is 0.444 e. The average molecular weight is 389 g/mol. The maximum absolute atomic E-state index is 12.9. The van der Waals surface area contributed by atoms with E-state index in [2.05, 4.69) is 10.2 Å². The maximum Gasteiger partial charge on any atom is 0.411 e. The van der Waals surface area contributed by atoms with Crippen molar-refractivity contribution in [2.45, 2.75) is 45.4 Å². The molecule has 2 aliphatic rings. The number of morpholine rings is 1. The number of benzene rings is 1. The topological polar surface area (TPSA) is 71.1 Å². The van der Waals surface area contributed by atoms with Gasteiger partial charge in [-0.05, 0) is 31.9 Å². The van der Waals surface area contributed by atoms with Crippen molar-refractivity contribution in [2.24, 2.45) is 0 Å². The summed E-state index contributed by atoms with van der Waals surface area (Å²) in [6.07, 6.45) is 0.0500. The van der Waals surface area contributed by atoms with Gasteiger partial charge in [-0.15, -0.1) is 0 Å². The van der Waals surface area contributed by atoms with Crippen molar-refractivity contribution in [3.8, 4) is 0 Å². The zero-order valence-corrected chi connectivity index (χ0v) is 17.1. The Morgan fingerprint density at radius 1 is 1.18 bits per heavy atom. The normalized spacial score (nSPS) is 20.4. The van der Waals surface area contributed by atoms with Crippen molar-refractivity contribution in [1.82, 2.24) is 15.1 Å². The van der Waals surface area contributed by atoms with Gasteiger partial charge in [-0.3, -0.25) is 14.6 Å². The number of ether oxygens (including phenoxy) is 2. The van der Waals surface area contributed by atoms with Gasteiger partial charge in [0.1, 0.15) is 11.6 Å². The standard InChI is InChI=1S/C21H31N3O4/c1-21(2,3)28-20(26)24-15-17-7-5-4-6-16(17)14-18(24)19(25)22-8-9-23-10-12-27-13-11-23/h4-7,18H,8-15H2,1-3H3,(H,22,25)/t18-/m0/s1. The third kappa shape index (κ3) is 5.45. The molecule has 7 heteroatoms. The zero-order valence-electron chi connectivity index (χ0n) is 17.1. The van der Waals surface area contributed by atoms with E-state index in [0.29, 0.717) is 19.5 Å². The first kappa shape index (κ1) is 20.6. The van der Waals surface area contributed by atoms with Gasteiger partial charge in [0, 0.05) is 32.6 Å². The van der Waals surface area contributed by atoms with Crippen molar-refractivity contribution in [1.29, 1.82) is 0 Å². The number of carbonyl (C=O) groups is 2. The molecule has 2 heterocycles. The molecule has 0 unspecified atom stereocenters. The van der Waals surface area contributed by atoms with Crippen LogP contribution in [-0.4, -0.2) is 72.8 Å². The molecular formula is C21H31N3O4. The SMILES string of the molecule is CC(C)(C)OC(=O)N1Cc2ccccc2C[C@H]1C(=O)NCCN1CCOCC1. The molecule has 1 aromatic rings. The predicted octanol–water partition coefficient (Wildman–Crippen LogP) is 1.80. The van der Waals surface area contributed by atoms with E-state index in [0.717, 1.165) is 44.0 Å². The number of nitrogens with one attached hydrogen (secondary N) is 1. The quantitative estimate of drug-likeness (QED) is 0.850. The summed E-state index contributed by atoms with van der Waals surface area (Å²) in [5, 5.41) is 3.01. The zero-order chi connectivity index (χ0) is 20.1. The summed E-state index contributed by atoms with van der Waals surface area (Å²) in [5.41, 5.74) is 1.56. The number of hydrogen-bond donors (Lipinski definition) is 1. The molecule has 1 atom stereocenters. The monoisotopic (exact) mass is 389 g/mol. The molecule has 1 N–H and O–H groups in total. The minimum absolute atomic E-state index is 0.131. The van der Waals surface area contributed by atoms with Crippen LogP contribution in [0.5, 0.6) is 0 Å². The molecule has 0 saturated carbocycles. The third-order valence-electron chi connectivity index (χ3n) is 5.01. The molecule has 1 saturated heterocycles. The summed E-state index contributed by atoms with van der Waals surface area (Å²) in [6.45, 7) is 10.5. The predicted molar refractivity (Wildman–Crippen MR) is 106 cm³/mol. The van der Waals surface area contributed by atoms with Gasteiger partial charge in [-0.2, -0.15) is 0 Å². The van der Waals surface area contributed by atoms with Crippen molar-refractivity contribution in [3.63, 3.8) is 0 Å². The number of hydrogen-bond acceptors (Lipinski definition) is 5. The fourth-order valence-electron chi connectivity index (χ4n) is 3.55. The summed E-state index contributed by atoms with van der Waals surface area (Å²) in [5.74, 6) is -0.131. The highest BCUT2D eigenvalue weighted by atomic mass is 16.6. The van der Waals surface area contributed by atoms with E-state index in [1.807, 2.05) is 45.0 Å². The van der Waals surface area contributed by atoms with Crippen LogP contribution in [-0.2, 0) is 27.2 Å². The highest BCUT2D eigenvalue weighted by Crippen LogP contribution is 2.25. The van der Waals surface area contributed by atoms with Gasteiger partial charge in [0.25, 0.3) is 0 Å². The molecule has 7 nitrogen and oxygen atoms in total. The third-order valence-corrected chi connectivity index (χ3v) is 5.01. The Balaban J connectivity index is 1.65. The molecule has 2 aliphatic heterocycles. The van der Waals surface area contributed by atoms with Crippen molar-refractivity contribution < 1.29 is 19.1 Å². The number of fused-ring (bicyclic) bond motifs is 1. The van der Waals surface area contributed by atoms with E-state index >= 15 is 0 Å².